The van der Waals surface area contributed by atoms with Crippen molar-refractivity contribution in [3.05, 3.63) is 35.4 Å². The third-order valence-electron chi connectivity index (χ3n) is 3.79. The van der Waals surface area contributed by atoms with Gasteiger partial charge in [-0.05, 0) is 38.8 Å². The fourth-order valence-corrected chi connectivity index (χ4v) is 1.53. The van der Waals surface area contributed by atoms with E-state index in [-0.39, 0.29) is 10.7 Å². The Morgan fingerprint density at radius 2 is 1.60 bits per heavy atom. The Morgan fingerprint density at radius 1 is 1.15 bits per heavy atom. The normalized spacial score (nSPS) is 15.3. The van der Waals surface area contributed by atoms with Crippen LogP contribution in [0.3, 0.4) is 0 Å². The maximum absolute atomic E-state index is 11.3. The van der Waals surface area contributed by atoms with Gasteiger partial charge in [0.05, 0.1) is 12.0 Å². The predicted octanol–water partition coefficient (Wildman–Crippen LogP) is 2.67. The first kappa shape index (κ1) is 17.1. The second-order valence-electron chi connectivity index (χ2n) is 6.31. The van der Waals surface area contributed by atoms with Gasteiger partial charge in [0.1, 0.15) is 0 Å². The number of nitrogens with zero attached hydrogens (tertiary/aromatic N) is 1. The van der Waals surface area contributed by atoms with Gasteiger partial charge in [-0.2, -0.15) is 12.6 Å². The molecule has 0 unspecified atom stereocenters. The highest BCUT2D eigenvalue weighted by Gasteiger charge is 2.30. The number of likely N-dealkylation sites (N-methyl/N-ethyl adjacent to an activating group) is 1. The van der Waals surface area contributed by atoms with Gasteiger partial charge in [-0.25, -0.2) is 0 Å². The summed E-state index contributed by atoms with van der Waals surface area (Å²) < 4.78 is -0.312. The number of rotatable bonds is 1. The Kier molecular flexibility index (Phi) is 5.27. The quantitative estimate of drug-likeness (QED) is 0.782. The monoisotopic (exact) mass is 295 g/mol. The van der Waals surface area contributed by atoms with Crippen molar-refractivity contribution in [2.75, 3.05) is 7.05 Å². The molecular weight excluding hydrogens is 270 g/mol. The second-order valence-corrected chi connectivity index (χ2v) is 7.43. The van der Waals surface area contributed by atoms with Crippen molar-refractivity contribution in [1.82, 2.24) is 4.90 Å². The Labute approximate surface area is 127 Å². The van der Waals surface area contributed by atoms with Crippen LogP contribution in [0.1, 0.15) is 38.8 Å². The molecule has 1 aromatic carbocycles. The molecule has 0 radical (unpaired) electrons. The number of amides is 1. The van der Waals surface area contributed by atoms with Crippen molar-refractivity contribution in [2.45, 2.75) is 51.0 Å². The van der Waals surface area contributed by atoms with Crippen LogP contribution in [-0.2, 0) is 17.8 Å². The highest BCUT2D eigenvalue weighted by Crippen LogP contribution is 2.26. The van der Waals surface area contributed by atoms with E-state index in [9.17, 15) is 9.90 Å². The molecule has 112 valence electrons. The molecule has 20 heavy (non-hydrogen) atoms. The summed E-state index contributed by atoms with van der Waals surface area (Å²) in [5.41, 5.74) is 1.76. The first-order valence-corrected chi connectivity index (χ1v) is 7.22. The van der Waals surface area contributed by atoms with Crippen LogP contribution in [-0.4, -0.2) is 33.3 Å². The van der Waals surface area contributed by atoms with Crippen LogP contribution in [0, 0.1) is 0 Å². The van der Waals surface area contributed by atoms with E-state index in [0.29, 0.717) is 6.42 Å². The number of carbonyl (C=O) groups excluding carboxylic acids is 1. The van der Waals surface area contributed by atoms with Crippen LogP contribution in [0.5, 0.6) is 0 Å². The fourth-order valence-electron chi connectivity index (χ4n) is 1.53. The third-order valence-corrected chi connectivity index (χ3v) is 4.34. The van der Waals surface area contributed by atoms with Gasteiger partial charge in [0.25, 0.3) is 0 Å². The second kappa shape index (κ2) is 6.19. The van der Waals surface area contributed by atoms with E-state index in [4.69, 9.17) is 0 Å². The van der Waals surface area contributed by atoms with Crippen LogP contribution >= 0.6 is 12.6 Å². The molecule has 0 aromatic heterocycles. The summed E-state index contributed by atoms with van der Waals surface area (Å²) in [6.45, 7) is 8.03. The molecular formula is C16H25NO2S. The largest absolute Gasteiger partial charge is 0.389 e. The Balaban J connectivity index is 0.000000221. The smallest absolute Gasteiger partial charge is 0.227 e. The molecule has 1 aromatic rings. The topological polar surface area (TPSA) is 40.5 Å². The molecule has 3 nitrogen and oxygen atoms in total. The van der Waals surface area contributed by atoms with E-state index in [1.165, 1.54) is 11.1 Å². The predicted molar refractivity (Wildman–Crippen MR) is 86.0 cm³/mol. The van der Waals surface area contributed by atoms with Crippen molar-refractivity contribution >= 4 is 18.5 Å². The zero-order chi connectivity index (χ0) is 15.6. The molecule has 1 aliphatic heterocycles. The Hall–Kier alpha value is -1.00. The van der Waals surface area contributed by atoms with Gasteiger partial charge in [0.2, 0.25) is 5.91 Å². The van der Waals surface area contributed by atoms with Gasteiger partial charge >= 0.3 is 0 Å². The molecule has 1 N–H and O–H groups in total. The SMILES string of the molecule is CC(C)(O)C(C)(C)S.CN1Cc2ccccc2CC1=O. The van der Waals surface area contributed by atoms with Crippen molar-refractivity contribution < 1.29 is 9.90 Å². The van der Waals surface area contributed by atoms with Crippen LogP contribution in [0.25, 0.3) is 0 Å². The van der Waals surface area contributed by atoms with Crippen LogP contribution in [0.15, 0.2) is 24.3 Å². The standard InChI is InChI=1S/C10H11NO.C6H14OS/c1-11-7-9-5-3-2-4-8(9)6-10(11)12;1-5(2,7)6(3,4)8/h2-5H,6-7H2,1H3;7-8H,1-4H3. The summed E-state index contributed by atoms with van der Waals surface area (Å²) in [5, 5.41) is 9.28. The van der Waals surface area contributed by atoms with Gasteiger partial charge in [0.15, 0.2) is 0 Å². The van der Waals surface area contributed by atoms with Gasteiger partial charge in [-0.15, -0.1) is 0 Å². The first-order chi connectivity index (χ1) is 9.02. The average molecular weight is 295 g/mol. The fraction of sp³-hybridized carbons (Fsp3) is 0.562. The number of hydrogen-bond donors (Lipinski definition) is 2. The van der Waals surface area contributed by atoms with Gasteiger partial charge in [-0.3, -0.25) is 4.79 Å². The minimum Gasteiger partial charge on any atom is -0.389 e. The maximum atomic E-state index is 11.3. The van der Waals surface area contributed by atoms with E-state index in [0.717, 1.165) is 6.54 Å². The lowest BCUT2D eigenvalue weighted by atomic mass is 9.94. The molecule has 0 saturated carbocycles. The number of carbonyl (C=O) groups is 1. The minimum absolute atomic E-state index is 0.216. The average Bonchev–Trinajstić information content (AvgIpc) is 2.29. The summed E-state index contributed by atoms with van der Waals surface area (Å²) in [5.74, 6) is 0.216. The number of thiol groups is 1. The molecule has 1 heterocycles. The lowest BCUT2D eigenvalue weighted by molar-refractivity contribution is -0.130. The molecule has 0 aliphatic carbocycles. The van der Waals surface area contributed by atoms with Crippen molar-refractivity contribution in [3.8, 4) is 0 Å². The van der Waals surface area contributed by atoms with E-state index in [1.54, 1.807) is 18.7 Å². The van der Waals surface area contributed by atoms with Gasteiger partial charge in [-0.1, -0.05) is 24.3 Å². The van der Waals surface area contributed by atoms with Crippen molar-refractivity contribution in [1.29, 1.82) is 0 Å². The summed E-state index contributed by atoms with van der Waals surface area (Å²) in [6, 6.07) is 8.11. The summed E-state index contributed by atoms with van der Waals surface area (Å²) >= 11 is 4.19. The highest BCUT2D eigenvalue weighted by atomic mass is 32.1. The van der Waals surface area contributed by atoms with Crippen LogP contribution in [0.2, 0.25) is 0 Å². The molecule has 0 saturated heterocycles. The molecule has 1 amide bonds. The highest BCUT2D eigenvalue weighted by molar-refractivity contribution is 7.81. The molecule has 0 atom stereocenters. The summed E-state index contributed by atoms with van der Waals surface area (Å²) in [7, 11) is 1.85. The van der Waals surface area contributed by atoms with Crippen LogP contribution < -0.4 is 0 Å². The minimum atomic E-state index is -0.698. The zero-order valence-corrected chi connectivity index (χ0v) is 13.9. The molecule has 0 fully saturated rings. The lowest BCUT2D eigenvalue weighted by Gasteiger charge is -2.32. The Morgan fingerprint density at radius 3 is 2.05 bits per heavy atom. The van der Waals surface area contributed by atoms with Crippen LogP contribution in [0.4, 0.5) is 0 Å². The van der Waals surface area contributed by atoms with E-state index >= 15 is 0 Å². The molecule has 1 aliphatic rings. The molecule has 2 rings (SSSR count). The molecule has 0 bridgehead atoms. The number of benzene rings is 1. The van der Waals surface area contributed by atoms with Gasteiger partial charge < -0.3 is 10.0 Å². The number of aliphatic hydroxyl groups is 1. The Bertz CT molecular complexity index is 460. The lowest BCUT2D eigenvalue weighted by Crippen LogP contribution is -2.40. The van der Waals surface area contributed by atoms with Crippen molar-refractivity contribution in [3.63, 3.8) is 0 Å². The van der Waals surface area contributed by atoms with E-state index in [1.807, 2.05) is 39.1 Å². The third kappa shape index (κ3) is 4.53. The molecule has 4 heteroatoms. The van der Waals surface area contributed by atoms with E-state index in [2.05, 4.69) is 18.7 Å². The first-order valence-electron chi connectivity index (χ1n) is 6.78. The summed E-state index contributed by atoms with van der Waals surface area (Å²) in [6.07, 6.45) is 0.562. The van der Waals surface area contributed by atoms with Crippen molar-refractivity contribution in [2.24, 2.45) is 0 Å². The number of fused-ring (bicyclic) bond motifs is 1. The number of hydrogen-bond acceptors (Lipinski definition) is 3. The maximum Gasteiger partial charge on any atom is 0.227 e. The van der Waals surface area contributed by atoms with E-state index < -0.39 is 5.60 Å². The molecule has 0 spiro atoms. The zero-order valence-electron chi connectivity index (χ0n) is 13.0. The summed E-state index contributed by atoms with van der Waals surface area (Å²) in [4.78, 5) is 13.0. The van der Waals surface area contributed by atoms with Gasteiger partial charge in [0, 0.05) is 18.3 Å².